The molecule has 0 bridgehead atoms. The minimum absolute atomic E-state index is 0.0860. The molecule has 74 valence electrons. The summed E-state index contributed by atoms with van der Waals surface area (Å²) in [6.07, 6.45) is 1.20. The molecule has 3 rings (SSSR count). The maximum Gasteiger partial charge on any atom is 0.354 e. The number of fused-ring (bicyclic) bond motifs is 3. The number of carbonyl (C=O) groups is 2. The highest BCUT2D eigenvalue weighted by molar-refractivity contribution is 5.92. The number of nitrogens with zero attached hydrogens (tertiary/aromatic N) is 3. The van der Waals surface area contributed by atoms with E-state index in [9.17, 15) is 9.59 Å². The van der Waals surface area contributed by atoms with Crippen LogP contribution in [0.15, 0.2) is 10.2 Å². The first-order valence-corrected chi connectivity index (χ1v) is 4.60. The largest absolute Gasteiger partial charge is 0.478 e. The molecule has 0 spiro atoms. The molecule has 0 radical (unpaired) electrons. The molecule has 2 saturated heterocycles. The lowest BCUT2D eigenvalue weighted by molar-refractivity contribution is -0.166. The molecule has 0 aromatic carbocycles. The van der Waals surface area contributed by atoms with Crippen molar-refractivity contribution < 1.29 is 14.7 Å². The standard InChI is InChI=1S/C8H9N3O3/c12-6-2-5-1-4-3-9-10-8(4,7(13)14)11(5)6/h4-5H,1-3H2,(H,13,14). The van der Waals surface area contributed by atoms with E-state index >= 15 is 0 Å². The number of carbonyl (C=O) groups excluding carboxylic acids is 1. The normalized spacial score (nSPS) is 43.4. The maximum absolute atomic E-state index is 11.3. The van der Waals surface area contributed by atoms with Crippen molar-refractivity contribution in [2.75, 3.05) is 6.54 Å². The van der Waals surface area contributed by atoms with Crippen molar-refractivity contribution >= 4 is 11.9 Å². The fourth-order valence-electron chi connectivity index (χ4n) is 2.73. The summed E-state index contributed by atoms with van der Waals surface area (Å²) in [6.45, 7) is 0.437. The first-order chi connectivity index (χ1) is 6.66. The number of amides is 1. The highest BCUT2D eigenvalue weighted by Gasteiger charge is 2.67. The number of aliphatic carboxylic acids is 1. The molecule has 3 atom stereocenters. The van der Waals surface area contributed by atoms with Gasteiger partial charge in [-0.05, 0) is 6.42 Å². The predicted octanol–water partition coefficient (Wildman–Crippen LogP) is -0.146. The molecule has 0 aromatic heterocycles. The Morgan fingerprint density at radius 3 is 3.07 bits per heavy atom. The van der Waals surface area contributed by atoms with Crippen LogP contribution < -0.4 is 0 Å². The van der Waals surface area contributed by atoms with Crippen molar-refractivity contribution in [1.29, 1.82) is 0 Å². The third-order valence-corrected chi connectivity index (χ3v) is 3.38. The van der Waals surface area contributed by atoms with Gasteiger partial charge < -0.3 is 10.0 Å². The van der Waals surface area contributed by atoms with Gasteiger partial charge in [-0.25, -0.2) is 4.79 Å². The zero-order chi connectivity index (χ0) is 9.92. The van der Waals surface area contributed by atoms with E-state index in [0.29, 0.717) is 13.0 Å². The fourth-order valence-corrected chi connectivity index (χ4v) is 2.73. The van der Waals surface area contributed by atoms with Crippen LogP contribution in [0.5, 0.6) is 0 Å². The summed E-state index contributed by atoms with van der Waals surface area (Å²) in [5.41, 5.74) is -1.35. The SMILES string of the molecule is O=C1CC2CC3CN=NC3(C(=O)O)N12. The molecule has 6 nitrogen and oxygen atoms in total. The van der Waals surface area contributed by atoms with E-state index in [2.05, 4.69) is 10.2 Å². The first kappa shape index (κ1) is 7.90. The third kappa shape index (κ3) is 0.614. The topological polar surface area (TPSA) is 82.3 Å². The van der Waals surface area contributed by atoms with Crippen LogP contribution >= 0.6 is 0 Å². The molecule has 1 N–H and O–H groups in total. The number of β-lactam (4-membered cyclic amide) rings is 1. The number of carboxylic acids is 1. The summed E-state index contributed by atoms with van der Waals surface area (Å²) in [5, 5.41) is 16.7. The third-order valence-electron chi connectivity index (χ3n) is 3.38. The molecular formula is C8H9N3O3. The molecule has 0 aliphatic carbocycles. The van der Waals surface area contributed by atoms with Crippen LogP contribution in [0.2, 0.25) is 0 Å². The molecule has 6 heteroatoms. The van der Waals surface area contributed by atoms with E-state index in [1.165, 1.54) is 4.90 Å². The Morgan fingerprint density at radius 1 is 1.64 bits per heavy atom. The van der Waals surface area contributed by atoms with Crippen molar-refractivity contribution in [2.45, 2.75) is 24.5 Å². The second-order valence-corrected chi connectivity index (χ2v) is 4.01. The summed E-state index contributed by atoms with van der Waals surface area (Å²) in [4.78, 5) is 23.9. The summed E-state index contributed by atoms with van der Waals surface area (Å²) in [5.74, 6) is -1.27. The lowest BCUT2D eigenvalue weighted by Gasteiger charge is -2.41. The lowest BCUT2D eigenvalue weighted by atomic mass is 9.95. The van der Waals surface area contributed by atoms with Gasteiger partial charge in [0.15, 0.2) is 0 Å². The van der Waals surface area contributed by atoms with Gasteiger partial charge >= 0.3 is 5.97 Å². The van der Waals surface area contributed by atoms with Gasteiger partial charge in [-0.1, -0.05) is 0 Å². The molecule has 3 aliphatic rings. The monoisotopic (exact) mass is 195 g/mol. The second-order valence-electron chi connectivity index (χ2n) is 4.01. The number of hydrogen-bond acceptors (Lipinski definition) is 4. The number of azo groups is 1. The Labute approximate surface area is 79.6 Å². The Kier molecular flexibility index (Phi) is 1.20. The Bertz CT molecular complexity index is 367. The van der Waals surface area contributed by atoms with E-state index < -0.39 is 11.6 Å². The van der Waals surface area contributed by atoms with E-state index in [1.54, 1.807) is 0 Å². The smallest absolute Gasteiger partial charge is 0.354 e. The van der Waals surface area contributed by atoms with Crippen LogP contribution in [0.25, 0.3) is 0 Å². The zero-order valence-electron chi connectivity index (χ0n) is 7.38. The molecule has 1 amide bonds. The maximum atomic E-state index is 11.3. The first-order valence-electron chi connectivity index (χ1n) is 4.60. The van der Waals surface area contributed by atoms with E-state index in [0.717, 1.165) is 6.42 Å². The average molecular weight is 195 g/mol. The second kappa shape index (κ2) is 2.13. The van der Waals surface area contributed by atoms with E-state index in [4.69, 9.17) is 5.11 Å². The molecule has 0 saturated carbocycles. The van der Waals surface area contributed by atoms with Crippen LogP contribution in [-0.4, -0.2) is 40.1 Å². The lowest BCUT2D eigenvalue weighted by Crippen LogP contribution is -2.62. The van der Waals surface area contributed by atoms with Crippen molar-refractivity contribution in [2.24, 2.45) is 16.1 Å². The number of carboxylic acid groups (broad SMARTS) is 1. The summed E-state index contributed by atoms with van der Waals surface area (Å²) in [6, 6.07) is 0.0860. The number of rotatable bonds is 1. The summed E-state index contributed by atoms with van der Waals surface area (Å²) >= 11 is 0. The van der Waals surface area contributed by atoms with Gasteiger partial charge in [0.05, 0.1) is 6.54 Å². The Morgan fingerprint density at radius 2 is 2.43 bits per heavy atom. The van der Waals surface area contributed by atoms with Crippen LogP contribution in [-0.2, 0) is 9.59 Å². The molecule has 3 aliphatic heterocycles. The predicted molar refractivity (Wildman–Crippen MR) is 43.4 cm³/mol. The van der Waals surface area contributed by atoms with Gasteiger partial charge in [0.1, 0.15) is 0 Å². The van der Waals surface area contributed by atoms with Gasteiger partial charge in [0, 0.05) is 18.4 Å². The summed E-state index contributed by atoms with van der Waals surface area (Å²) in [7, 11) is 0. The number of hydrogen-bond donors (Lipinski definition) is 1. The van der Waals surface area contributed by atoms with Crippen LogP contribution in [0, 0.1) is 5.92 Å². The minimum atomic E-state index is -1.35. The highest BCUT2D eigenvalue weighted by atomic mass is 16.4. The van der Waals surface area contributed by atoms with Gasteiger partial charge in [0.25, 0.3) is 5.66 Å². The van der Waals surface area contributed by atoms with Gasteiger partial charge in [-0.15, -0.1) is 0 Å². The van der Waals surface area contributed by atoms with Crippen molar-refractivity contribution in [3.63, 3.8) is 0 Å². The molecule has 14 heavy (non-hydrogen) atoms. The molecule has 0 aromatic rings. The zero-order valence-corrected chi connectivity index (χ0v) is 7.38. The van der Waals surface area contributed by atoms with Gasteiger partial charge in [0.2, 0.25) is 5.91 Å². The fraction of sp³-hybridized carbons (Fsp3) is 0.750. The van der Waals surface area contributed by atoms with Crippen LogP contribution in [0.1, 0.15) is 12.8 Å². The van der Waals surface area contributed by atoms with Crippen molar-refractivity contribution in [3.05, 3.63) is 0 Å². The molecule has 3 unspecified atom stereocenters. The highest BCUT2D eigenvalue weighted by Crippen LogP contribution is 2.49. The molecule has 2 fully saturated rings. The minimum Gasteiger partial charge on any atom is -0.478 e. The van der Waals surface area contributed by atoms with E-state index in [-0.39, 0.29) is 17.9 Å². The van der Waals surface area contributed by atoms with Gasteiger partial charge in [-0.2, -0.15) is 10.2 Å². The quantitative estimate of drug-likeness (QED) is 0.591. The molecule has 3 heterocycles. The van der Waals surface area contributed by atoms with Crippen molar-refractivity contribution in [1.82, 2.24) is 4.90 Å². The van der Waals surface area contributed by atoms with Crippen LogP contribution in [0.3, 0.4) is 0 Å². The van der Waals surface area contributed by atoms with E-state index in [1.807, 2.05) is 0 Å². The van der Waals surface area contributed by atoms with Crippen molar-refractivity contribution in [3.8, 4) is 0 Å². The van der Waals surface area contributed by atoms with Gasteiger partial charge in [-0.3, -0.25) is 4.79 Å². The average Bonchev–Trinajstić information content (AvgIpc) is 2.56. The summed E-state index contributed by atoms with van der Waals surface area (Å²) < 4.78 is 0. The van der Waals surface area contributed by atoms with Crippen LogP contribution in [0.4, 0.5) is 0 Å². The Balaban J connectivity index is 2.09. The molecular weight excluding hydrogens is 186 g/mol. The Hall–Kier alpha value is -1.46.